The van der Waals surface area contributed by atoms with Gasteiger partial charge in [0.15, 0.2) is 0 Å². The van der Waals surface area contributed by atoms with Crippen LogP contribution < -0.4 is 10.5 Å². The minimum Gasteiger partial charge on any atom is -0.398 e. The molecule has 1 unspecified atom stereocenters. The van der Waals surface area contributed by atoms with Gasteiger partial charge in [-0.05, 0) is 25.1 Å². The first-order valence-corrected chi connectivity index (χ1v) is 7.49. The van der Waals surface area contributed by atoms with Gasteiger partial charge in [0.25, 0.3) is 0 Å². The molecule has 0 saturated heterocycles. The maximum absolute atomic E-state index is 12.3. The zero-order chi connectivity index (χ0) is 15.6. The highest BCUT2D eigenvalue weighted by atomic mass is 32.2. The van der Waals surface area contributed by atoms with Crippen LogP contribution in [0.25, 0.3) is 0 Å². The Bertz CT molecular complexity index is 805. The van der Waals surface area contributed by atoms with E-state index in [1.807, 2.05) is 6.07 Å². The highest BCUT2D eigenvalue weighted by Crippen LogP contribution is 2.21. The fraction of sp³-hybridized carbons (Fsp3) is 0.250. The molecule has 2 rings (SSSR count). The molecule has 3 N–H and O–H groups in total. The Hall–Kier alpha value is -2.44. The van der Waals surface area contributed by atoms with Gasteiger partial charge >= 0.3 is 0 Å². The minimum absolute atomic E-state index is 0.0201. The molecule has 1 aromatic heterocycles. The Labute approximate surface area is 122 Å². The maximum Gasteiger partial charge on any atom is 0.243 e. The monoisotopic (exact) mass is 306 g/mol. The van der Waals surface area contributed by atoms with E-state index in [2.05, 4.69) is 14.9 Å². The zero-order valence-electron chi connectivity index (χ0n) is 11.5. The van der Waals surface area contributed by atoms with E-state index in [0.29, 0.717) is 11.4 Å². The van der Waals surface area contributed by atoms with Crippen molar-refractivity contribution in [3.63, 3.8) is 0 Å². The number of hydrogen-bond donors (Lipinski definition) is 2. The molecule has 0 fully saturated rings. The first kappa shape index (κ1) is 15.0. The summed E-state index contributed by atoms with van der Waals surface area (Å²) >= 11 is 0. The van der Waals surface area contributed by atoms with E-state index in [4.69, 9.17) is 11.0 Å². The summed E-state index contributed by atoms with van der Waals surface area (Å²) < 4.78 is 28.8. The van der Waals surface area contributed by atoms with Crippen molar-refractivity contribution in [3.05, 3.63) is 35.9 Å². The van der Waals surface area contributed by atoms with Crippen LogP contribution in [0, 0.1) is 11.3 Å². The van der Waals surface area contributed by atoms with Gasteiger partial charge in [0.1, 0.15) is 17.0 Å². The lowest BCUT2D eigenvalue weighted by Gasteiger charge is -2.14. The van der Waals surface area contributed by atoms with Crippen LogP contribution in [-0.4, -0.2) is 23.2 Å². The first-order chi connectivity index (χ1) is 9.85. The molecular weight excluding hydrogens is 292 g/mol. The number of anilines is 1. The van der Waals surface area contributed by atoms with Crippen molar-refractivity contribution in [2.75, 3.05) is 5.73 Å². The van der Waals surface area contributed by atoms with Gasteiger partial charge in [0, 0.05) is 7.05 Å². The molecule has 1 atom stereocenters. The van der Waals surface area contributed by atoms with Crippen LogP contribution in [0.15, 0.2) is 29.4 Å². The molecule has 0 aliphatic rings. The predicted molar refractivity (Wildman–Crippen MR) is 75.3 cm³/mol. The lowest BCUT2D eigenvalue weighted by molar-refractivity contribution is 0.553. The molecular formula is C12H14N6O2S. The fourth-order valence-electron chi connectivity index (χ4n) is 1.90. The van der Waals surface area contributed by atoms with Crippen LogP contribution in [0.5, 0.6) is 0 Å². The van der Waals surface area contributed by atoms with E-state index < -0.39 is 16.1 Å². The number of hydrogen-bond acceptors (Lipinski definition) is 6. The number of nitrogens with two attached hydrogens (primary N) is 1. The Balaban J connectivity index is 2.31. The maximum atomic E-state index is 12.3. The first-order valence-electron chi connectivity index (χ1n) is 6.01. The predicted octanol–water partition coefficient (Wildman–Crippen LogP) is 0.308. The summed E-state index contributed by atoms with van der Waals surface area (Å²) in [6, 6.07) is 5.36. The third-order valence-electron chi connectivity index (χ3n) is 2.89. The quantitative estimate of drug-likeness (QED) is 0.783. The summed E-state index contributed by atoms with van der Waals surface area (Å²) in [5.41, 5.74) is 6.02. The van der Waals surface area contributed by atoms with Crippen molar-refractivity contribution in [2.24, 2.45) is 7.05 Å². The van der Waals surface area contributed by atoms with E-state index >= 15 is 0 Å². The number of nitriles is 1. The lowest BCUT2D eigenvalue weighted by Crippen LogP contribution is -2.29. The third kappa shape index (κ3) is 3.01. The molecule has 2 aromatic rings. The normalized spacial score (nSPS) is 12.8. The van der Waals surface area contributed by atoms with E-state index in [1.165, 1.54) is 24.5 Å². The molecule has 0 spiro atoms. The second-order valence-corrected chi connectivity index (χ2v) is 6.19. The summed E-state index contributed by atoms with van der Waals surface area (Å²) in [7, 11) is -2.11. The number of sulfonamides is 1. The highest BCUT2D eigenvalue weighted by Gasteiger charge is 2.23. The smallest absolute Gasteiger partial charge is 0.243 e. The molecule has 0 bridgehead atoms. The third-order valence-corrected chi connectivity index (χ3v) is 4.51. The molecule has 0 radical (unpaired) electrons. The average molecular weight is 306 g/mol. The number of benzene rings is 1. The van der Waals surface area contributed by atoms with Gasteiger partial charge in [-0.15, -0.1) is 10.2 Å². The lowest BCUT2D eigenvalue weighted by atomic mass is 10.2. The number of nitrogens with zero attached hydrogens (tertiary/aromatic N) is 4. The topological polar surface area (TPSA) is 127 Å². The second kappa shape index (κ2) is 5.51. The van der Waals surface area contributed by atoms with Gasteiger partial charge in [-0.3, -0.25) is 0 Å². The molecule has 9 heteroatoms. The van der Waals surface area contributed by atoms with Gasteiger partial charge in [-0.2, -0.15) is 5.26 Å². The SMILES string of the molecule is CC(NS(=O)(=O)c1ccc(C#N)cc1N)c1nncn1C. The van der Waals surface area contributed by atoms with Crippen LogP contribution in [0.1, 0.15) is 24.4 Å². The average Bonchev–Trinajstić information content (AvgIpc) is 2.84. The van der Waals surface area contributed by atoms with Crippen LogP contribution in [0.2, 0.25) is 0 Å². The number of aryl methyl sites for hydroxylation is 1. The van der Waals surface area contributed by atoms with Gasteiger partial charge in [0.05, 0.1) is 23.4 Å². The number of nitrogens with one attached hydrogen (secondary N) is 1. The summed E-state index contributed by atoms with van der Waals surface area (Å²) in [5, 5.41) is 16.3. The Kier molecular flexibility index (Phi) is 3.93. The molecule has 0 saturated carbocycles. The largest absolute Gasteiger partial charge is 0.398 e. The Morgan fingerprint density at radius 3 is 2.71 bits per heavy atom. The van der Waals surface area contributed by atoms with Crippen LogP contribution in [0.4, 0.5) is 5.69 Å². The number of nitrogen functional groups attached to an aromatic ring is 1. The number of rotatable bonds is 4. The van der Waals surface area contributed by atoms with Crippen molar-refractivity contribution in [3.8, 4) is 6.07 Å². The minimum atomic E-state index is -3.82. The molecule has 21 heavy (non-hydrogen) atoms. The molecule has 8 nitrogen and oxygen atoms in total. The highest BCUT2D eigenvalue weighted by molar-refractivity contribution is 7.89. The van der Waals surface area contributed by atoms with E-state index in [0.717, 1.165) is 0 Å². The zero-order valence-corrected chi connectivity index (χ0v) is 12.3. The molecule has 1 heterocycles. The van der Waals surface area contributed by atoms with Crippen molar-refractivity contribution in [2.45, 2.75) is 17.9 Å². The molecule has 0 aliphatic heterocycles. The molecule has 1 aromatic carbocycles. The van der Waals surface area contributed by atoms with Crippen LogP contribution in [0.3, 0.4) is 0 Å². The Morgan fingerprint density at radius 1 is 1.48 bits per heavy atom. The Morgan fingerprint density at radius 2 is 2.19 bits per heavy atom. The molecule has 110 valence electrons. The number of aromatic nitrogens is 3. The second-order valence-electron chi connectivity index (χ2n) is 4.51. The van der Waals surface area contributed by atoms with Crippen LogP contribution >= 0.6 is 0 Å². The summed E-state index contributed by atoms with van der Waals surface area (Å²) in [4.78, 5) is -0.0736. The molecule has 0 aliphatic carbocycles. The van der Waals surface area contributed by atoms with E-state index in [-0.39, 0.29) is 10.6 Å². The standard InChI is InChI=1S/C12H14N6O2S/c1-8(12-16-15-7-18(12)2)17-21(19,20)11-4-3-9(6-13)5-10(11)14/h3-5,7-8,17H,14H2,1-2H3. The van der Waals surface area contributed by atoms with Gasteiger partial charge in [-0.1, -0.05) is 0 Å². The van der Waals surface area contributed by atoms with E-state index in [9.17, 15) is 8.42 Å². The van der Waals surface area contributed by atoms with Crippen molar-refractivity contribution in [1.82, 2.24) is 19.5 Å². The van der Waals surface area contributed by atoms with Crippen LogP contribution in [-0.2, 0) is 17.1 Å². The van der Waals surface area contributed by atoms with Crippen molar-refractivity contribution in [1.29, 1.82) is 5.26 Å². The van der Waals surface area contributed by atoms with Gasteiger partial charge in [-0.25, -0.2) is 13.1 Å². The van der Waals surface area contributed by atoms with E-state index in [1.54, 1.807) is 18.5 Å². The van der Waals surface area contributed by atoms with Gasteiger partial charge < -0.3 is 10.3 Å². The fourth-order valence-corrected chi connectivity index (χ4v) is 3.21. The van der Waals surface area contributed by atoms with Crippen molar-refractivity contribution >= 4 is 15.7 Å². The summed E-state index contributed by atoms with van der Waals surface area (Å²) in [6.07, 6.45) is 1.48. The molecule has 0 amide bonds. The van der Waals surface area contributed by atoms with Gasteiger partial charge in [0.2, 0.25) is 10.0 Å². The summed E-state index contributed by atoms with van der Waals surface area (Å²) in [5.74, 6) is 0.478. The van der Waals surface area contributed by atoms with Crippen molar-refractivity contribution < 1.29 is 8.42 Å². The summed E-state index contributed by atoms with van der Waals surface area (Å²) in [6.45, 7) is 1.65.